The second-order valence-electron chi connectivity index (χ2n) is 14.4. The SMILES string of the molecule is CC/C=C/C=C/C=C/C=C/C=C/C=C/C=C/CCCCCC(=O)OCC(COCCC(C(=O)[O-])[N+](C)(C)C)OC(=O)CCCCC/C=C/C=C/C=C/C=C/C=C/CC. The number of esters is 2. The highest BCUT2D eigenvalue weighted by Crippen LogP contribution is 2.11. The average Bonchev–Trinajstić information content (AvgIpc) is 3.18. The number of ether oxygens (including phenoxy) is 3. The van der Waals surface area contributed by atoms with Crippen LogP contribution in [0.5, 0.6) is 0 Å². The minimum Gasteiger partial charge on any atom is -0.544 e. The minimum atomic E-state index is -1.15. The Hall–Kier alpha value is -4.79. The minimum absolute atomic E-state index is 0.00448. The Morgan fingerprint density at radius 2 is 0.914 bits per heavy atom. The van der Waals surface area contributed by atoms with Crippen LogP contribution < -0.4 is 5.11 Å². The molecule has 0 radical (unpaired) electrons. The van der Waals surface area contributed by atoms with E-state index in [1.807, 2.05) is 122 Å². The van der Waals surface area contributed by atoms with E-state index >= 15 is 0 Å². The first-order valence-electron chi connectivity index (χ1n) is 21.0. The maximum Gasteiger partial charge on any atom is 0.306 e. The number of quaternary nitrogens is 1. The molecule has 0 aliphatic rings. The van der Waals surface area contributed by atoms with Gasteiger partial charge in [0.05, 0.1) is 40.3 Å². The number of aliphatic carboxylic acids is 1. The second-order valence-corrected chi connectivity index (χ2v) is 14.4. The summed E-state index contributed by atoms with van der Waals surface area (Å²) in [6, 6.07) is -0.752. The first-order chi connectivity index (χ1) is 28.1. The highest BCUT2D eigenvalue weighted by atomic mass is 16.6. The van der Waals surface area contributed by atoms with Gasteiger partial charge in [0, 0.05) is 19.3 Å². The number of likely N-dealkylation sites (N-methyl/N-ethyl adjacent to an activating group) is 1. The zero-order valence-electron chi connectivity index (χ0n) is 36.1. The van der Waals surface area contributed by atoms with E-state index in [0.717, 1.165) is 51.4 Å². The number of carboxylic acid groups (broad SMARTS) is 1. The topological polar surface area (TPSA) is 102 Å². The first kappa shape index (κ1) is 53.2. The normalized spacial score (nSPS) is 14.4. The third kappa shape index (κ3) is 36.8. The lowest BCUT2D eigenvalue weighted by Gasteiger charge is -2.34. The van der Waals surface area contributed by atoms with Gasteiger partial charge in [-0.2, -0.15) is 0 Å². The lowest BCUT2D eigenvalue weighted by Crippen LogP contribution is -2.55. The van der Waals surface area contributed by atoms with Crippen molar-refractivity contribution in [1.29, 1.82) is 0 Å². The van der Waals surface area contributed by atoms with Crippen molar-refractivity contribution in [3.63, 3.8) is 0 Å². The first-order valence-corrected chi connectivity index (χ1v) is 21.0. The number of allylic oxidation sites excluding steroid dienone is 24. The Kier molecular flexibility index (Phi) is 35.8. The molecular formula is C50H73NO7. The number of hydrogen-bond acceptors (Lipinski definition) is 7. The van der Waals surface area contributed by atoms with Crippen molar-refractivity contribution in [1.82, 2.24) is 0 Å². The predicted molar refractivity (Wildman–Crippen MR) is 240 cm³/mol. The molecule has 0 aromatic heterocycles. The summed E-state index contributed by atoms with van der Waals surface area (Å²) >= 11 is 0. The number of rotatable bonds is 34. The Morgan fingerprint density at radius 3 is 1.31 bits per heavy atom. The molecule has 2 atom stereocenters. The number of carbonyl (C=O) groups is 3. The van der Waals surface area contributed by atoms with Crippen molar-refractivity contribution in [2.75, 3.05) is 41.0 Å². The highest BCUT2D eigenvalue weighted by molar-refractivity contribution is 5.70. The van der Waals surface area contributed by atoms with Crippen LogP contribution in [0.15, 0.2) is 146 Å². The van der Waals surface area contributed by atoms with E-state index in [1.165, 1.54) is 0 Å². The fraction of sp³-hybridized carbons (Fsp3) is 0.460. The van der Waals surface area contributed by atoms with E-state index < -0.39 is 18.1 Å². The number of carboxylic acids is 1. The lowest BCUT2D eigenvalue weighted by molar-refractivity contribution is -0.889. The van der Waals surface area contributed by atoms with Crippen molar-refractivity contribution in [2.24, 2.45) is 0 Å². The van der Waals surface area contributed by atoms with Crippen molar-refractivity contribution >= 4 is 17.9 Å². The summed E-state index contributed by atoms with van der Waals surface area (Å²) in [6.07, 6.45) is 57.3. The highest BCUT2D eigenvalue weighted by Gasteiger charge is 2.25. The molecule has 0 spiro atoms. The molecule has 0 amide bonds. The Balaban J connectivity index is 4.60. The quantitative estimate of drug-likeness (QED) is 0.0276. The van der Waals surface area contributed by atoms with Crippen LogP contribution in [0.25, 0.3) is 0 Å². The van der Waals surface area contributed by atoms with Crippen LogP contribution in [0, 0.1) is 0 Å². The number of carbonyl (C=O) groups excluding carboxylic acids is 3. The van der Waals surface area contributed by atoms with Gasteiger partial charge in [-0.3, -0.25) is 9.59 Å². The van der Waals surface area contributed by atoms with Crippen LogP contribution in [-0.2, 0) is 28.6 Å². The molecule has 0 rings (SSSR count). The molecular weight excluding hydrogens is 727 g/mol. The summed E-state index contributed by atoms with van der Waals surface area (Å²) in [5.74, 6) is -1.88. The molecule has 58 heavy (non-hydrogen) atoms. The molecule has 0 aliphatic heterocycles. The van der Waals surface area contributed by atoms with E-state index in [4.69, 9.17) is 14.2 Å². The number of nitrogens with zero attached hydrogens (tertiary/aromatic N) is 1. The van der Waals surface area contributed by atoms with E-state index in [-0.39, 0.29) is 55.5 Å². The molecule has 0 fully saturated rings. The fourth-order valence-electron chi connectivity index (χ4n) is 5.07. The fourth-order valence-corrected chi connectivity index (χ4v) is 5.07. The van der Waals surface area contributed by atoms with Crippen LogP contribution in [0.2, 0.25) is 0 Å². The van der Waals surface area contributed by atoms with Crippen molar-refractivity contribution in [2.45, 2.75) is 109 Å². The Labute approximate surface area is 351 Å². The zero-order chi connectivity index (χ0) is 42.8. The number of hydrogen-bond donors (Lipinski definition) is 0. The molecule has 8 heteroatoms. The van der Waals surface area contributed by atoms with Crippen molar-refractivity contribution < 1.29 is 38.2 Å². The molecule has 0 aromatic rings. The maximum atomic E-state index is 12.7. The molecule has 8 nitrogen and oxygen atoms in total. The monoisotopic (exact) mass is 800 g/mol. The van der Waals surface area contributed by atoms with E-state index in [2.05, 4.69) is 38.2 Å². The summed E-state index contributed by atoms with van der Waals surface area (Å²) in [4.78, 5) is 36.8. The summed E-state index contributed by atoms with van der Waals surface area (Å²) < 4.78 is 17.0. The van der Waals surface area contributed by atoms with Gasteiger partial charge in [0.25, 0.3) is 0 Å². The Morgan fingerprint density at radius 1 is 0.517 bits per heavy atom. The van der Waals surface area contributed by atoms with Gasteiger partial charge in [-0.1, -0.05) is 173 Å². The molecule has 0 heterocycles. The van der Waals surface area contributed by atoms with Crippen LogP contribution in [0.4, 0.5) is 0 Å². The zero-order valence-corrected chi connectivity index (χ0v) is 36.1. The maximum absolute atomic E-state index is 12.7. The predicted octanol–water partition coefficient (Wildman–Crippen LogP) is 10.1. The van der Waals surface area contributed by atoms with Crippen molar-refractivity contribution in [3.8, 4) is 0 Å². The summed E-state index contributed by atoms with van der Waals surface area (Å²) in [5, 5.41) is 11.6. The van der Waals surface area contributed by atoms with Gasteiger partial charge in [-0.05, 0) is 51.4 Å². The van der Waals surface area contributed by atoms with Crippen LogP contribution in [0.1, 0.15) is 97.3 Å². The summed E-state index contributed by atoms with van der Waals surface area (Å²) in [5.41, 5.74) is 0. The Bertz CT molecular complexity index is 1440. The van der Waals surface area contributed by atoms with Gasteiger partial charge < -0.3 is 28.6 Å². The van der Waals surface area contributed by atoms with Gasteiger partial charge >= 0.3 is 11.9 Å². The molecule has 0 N–H and O–H groups in total. The molecule has 0 saturated heterocycles. The van der Waals surface area contributed by atoms with Crippen molar-refractivity contribution in [3.05, 3.63) is 146 Å². The van der Waals surface area contributed by atoms with E-state index in [0.29, 0.717) is 12.8 Å². The average molecular weight is 800 g/mol. The summed E-state index contributed by atoms with van der Waals surface area (Å²) in [7, 11) is 5.35. The smallest absolute Gasteiger partial charge is 0.306 e. The van der Waals surface area contributed by atoms with Gasteiger partial charge in [0.1, 0.15) is 12.6 Å². The van der Waals surface area contributed by atoms with E-state index in [1.54, 1.807) is 21.1 Å². The largest absolute Gasteiger partial charge is 0.544 e. The molecule has 0 saturated carbocycles. The van der Waals surface area contributed by atoms with Gasteiger partial charge in [-0.25, -0.2) is 0 Å². The van der Waals surface area contributed by atoms with Gasteiger partial charge in [0.15, 0.2) is 6.10 Å². The third-order valence-corrected chi connectivity index (χ3v) is 8.29. The molecule has 2 unspecified atom stereocenters. The molecule has 0 bridgehead atoms. The van der Waals surface area contributed by atoms with Gasteiger partial charge in [0.2, 0.25) is 0 Å². The lowest BCUT2D eigenvalue weighted by atomic mass is 10.1. The van der Waals surface area contributed by atoms with E-state index in [9.17, 15) is 19.5 Å². The van der Waals surface area contributed by atoms with Gasteiger partial charge in [-0.15, -0.1) is 0 Å². The van der Waals surface area contributed by atoms with Crippen LogP contribution in [-0.4, -0.2) is 75.5 Å². The molecule has 0 aliphatic carbocycles. The molecule has 320 valence electrons. The standard InChI is InChI=1S/C50H73NO7/c1-6-8-10-12-14-16-18-20-22-23-24-25-27-28-30-32-34-36-38-40-48(52)57-45-46(44-56-43-42-47(50(54)55)51(3,4)5)58-49(53)41-39-37-35-33-31-29-26-21-19-17-15-13-11-9-7-2/h8-31,46-47H,6-7,32-45H2,1-5H3/b10-8+,11-9+,14-12+,15-13+,18-16+,19-17+,22-20+,24-23+,26-21+,27-25+,30-28+,31-29+. The number of unbranched alkanes of at least 4 members (excludes halogenated alkanes) is 6. The van der Waals surface area contributed by atoms with Crippen LogP contribution in [0.3, 0.4) is 0 Å². The molecule has 0 aromatic carbocycles. The third-order valence-electron chi connectivity index (χ3n) is 8.29. The van der Waals surface area contributed by atoms with Crippen LogP contribution >= 0.6 is 0 Å². The summed E-state index contributed by atoms with van der Waals surface area (Å²) in [6.45, 7) is 4.22. The second kappa shape index (κ2) is 39.1.